The summed E-state index contributed by atoms with van der Waals surface area (Å²) in [6, 6.07) is 5.54. The average molecular weight is 244 g/mol. The molecule has 0 fully saturated rings. The summed E-state index contributed by atoms with van der Waals surface area (Å²) >= 11 is 0. The largest absolute Gasteiger partial charge is 2.00 e. The first-order chi connectivity index (χ1) is 6.13. The van der Waals surface area contributed by atoms with E-state index in [0.29, 0.717) is 0 Å². The van der Waals surface area contributed by atoms with Crippen LogP contribution in [0.25, 0.3) is 0 Å². The Balaban J connectivity index is 0. The van der Waals surface area contributed by atoms with Gasteiger partial charge in [0.1, 0.15) is 0 Å². The van der Waals surface area contributed by atoms with E-state index in [9.17, 15) is 9.90 Å². The summed E-state index contributed by atoms with van der Waals surface area (Å²) in [6.07, 6.45) is 1.50. The van der Waals surface area contributed by atoms with Crippen LogP contribution in [0.2, 0.25) is 0 Å². The number of carboxylic acid groups (broad SMARTS) is 1. The van der Waals surface area contributed by atoms with Gasteiger partial charge in [-0.2, -0.15) is 6.92 Å². The van der Waals surface area contributed by atoms with Crippen LogP contribution >= 0.6 is 0 Å². The fraction of sp³-hybridized carbons (Fsp3) is 0.111. The molecule has 1 radical (unpaired) electrons. The summed E-state index contributed by atoms with van der Waals surface area (Å²) in [4.78, 5) is 18.9. The van der Waals surface area contributed by atoms with Crippen LogP contribution in [0, 0.1) is 0 Å². The van der Waals surface area contributed by atoms with E-state index in [-0.39, 0.29) is 22.6 Å². The van der Waals surface area contributed by atoms with Gasteiger partial charge in [0, 0.05) is 0 Å². The van der Waals surface area contributed by atoms with E-state index < -0.39 is 11.7 Å². The minimum atomic E-state index is -1.18. The van der Waals surface area contributed by atoms with Crippen molar-refractivity contribution in [3.8, 4) is 5.75 Å². The van der Waals surface area contributed by atoms with Gasteiger partial charge in [0.25, 0.3) is 0 Å². The molecule has 0 saturated heterocycles. The number of para-hydroxylation sites is 1. The Morgan fingerprint density at radius 3 is 2.14 bits per heavy atom. The van der Waals surface area contributed by atoms with E-state index in [4.69, 9.17) is 9.90 Å². The van der Waals surface area contributed by atoms with Crippen LogP contribution < -0.4 is 5.11 Å². The molecule has 4 nitrogen and oxygen atoms in total. The van der Waals surface area contributed by atoms with Crippen molar-refractivity contribution >= 4 is 12.3 Å². The smallest absolute Gasteiger partial charge is 0.872 e. The summed E-state index contributed by atoms with van der Waals surface area (Å²) in [5, 5.41) is 19.0. The number of rotatable bonds is 1. The maximum Gasteiger partial charge on any atom is 2.00 e. The van der Waals surface area contributed by atoms with Gasteiger partial charge in [-0.05, 0) is 6.07 Å². The molecule has 0 aliphatic heterocycles. The van der Waals surface area contributed by atoms with E-state index in [1.165, 1.54) is 37.5 Å². The van der Waals surface area contributed by atoms with E-state index >= 15 is 0 Å². The number of hydrogen-bond donors (Lipinski definition) is 1. The summed E-state index contributed by atoms with van der Waals surface area (Å²) in [7, 11) is 0. The maximum absolute atomic E-state index is 10.7. The van der Waals surface area contributed by atoms with Gasteiger partial charge in [-0.1, -0.05) is 23.9 Å². The predicted molar refractivity (Wildman–Crippen MR) is 44.2 cm³/mol. The SMILES string of the molecule is C[C-]=O.O=C(O)c1ccccc1[O-].[Cu+2]. The number of aromatic carboxylic acids is 1. The molecule has 0 aromatic heterocycles. The van der Waals surface area contributed by atoms with E-state index in [2.05, 4.69) is 0 Å². The number of benzene rings is 1. The molecule has 14 heavy (non-hydrogen) atoms. The Hall–Kier alpha value is -1.32. The number of hydrogen-bond acceptors (Lipinski definition) is 3. The van der Waals surface area contributed by atoms with Crippen LogP contribution in [0.5, 0.6) is 5.75 Å². The van der Waals surface area contributed by atoms with Gasteiger partial charge in [0.15, 0.2) is 0 Å². The molecule has 1 rings (SSSR count). The Kier molecular flexibility index (Phi) is 8.98. The molecule has 0 heterocycles. The van der Waals surface area contributed by atoms with Gasteiger partial charge >= 0.3 is 23.0 Å². The quantitative estimate of drug-likeness (QED) is 0.578. The zero-order chi connectivity index (χ0) is 10.3. The van der Waals surface area contributed by atoms with Crippen molar-refractivity contribution in [2.75, 3.05) is 0 Å². The summed E-state index contributed by atoms with van der Waals surface area (Å²) in [6.45, 7) is 1.32. The van der Waals surface area contributed by atoms with E-state index in [1.54, 1.807) is 0 Å². The molecule has 0 spiro atoms. The van der Waals surface area contributed by atoms with Crippen LogP contribution in [0.4, 0.5) is 0 Å². The van der Waals surface area contributed by atoms with Crippen molar-refractivity contribution in [2.24, 2.45) is 0 Å². The molecule has 0 amide bonds. The van der Waals surface area contributed by atoms with Crippen molar-refractivity contribution < 1.29 is 36.9 Å². The summed E-state index contributed by atoms with van der Waals surface area (Å²) in [5.41, 5.74) is -0.178. The molecular formula is C9H8CuO4. The normalized spacial score (nSPS) is 7.50. The second-order valence-electron chi connectivity index (χ2n) is 2.01. The van der Waals surface area contributed by atoms with E-state index in [1.807, 2.05) is 0 Å². The Labute approximate surface area is 92.0 Å². The van der Waals surface area contributed by atoms with Crippen molar-refractivity contribution in [1.82, 2.24) is 0 Å². The maximum atomic E-state index is 10.7. The fourth-order valence-corrected chi connectivity index (χ4v) is 0.643. The molecule has 5 heteroatoms. The molecule has 79 valence electrons. The monoisotopic (exact) mass is 243 g/mol. The first-order valence-corrected chi connectivity index (χ1v) is 3.41. The summed E-state index contributed by atoms with van der Waals surface area (Å²) in [5.74, 6) is -1.62. The minimum absolute atomic E-state index is 0. The predicted octanol–water partition coefficient (Wildman–Crippen LogP) is 0.572. The third-order valence-electron chi connectivity index (χ3n) is 1.12. The van der Waals surface area contributed by atoms with Gasteiger partial charge in [-0.15, -0.1) is 0 Å². The standard InChI is InChI=1S/C7H6O3.C2H3O.Cu/c8-6-4-2-1-3-5(6)7(9)10;1-2-3;/h1-4,8H,(H,9,10);1H3;/q;-1;+2/p-1. The Morgan fingerprint density at radius 1 is 1.43 bits per heavy atom. The first-order valence-electron chi connectivity index (χ1n) is 3.41. The van der Waals surface area contributed by atoms with Gasteiger partial charge in [0.05, 0.1) is 5.56 Å². The molecule has 0 aliphatic rings. The first kappa shape index (κ1) is 15.2. The molecule has 1 aromatic rings. The topological polar surface area (TPSA) is 77.4 Å². The molecule has 1 N–H and O–H groups in total. The third kappa shape index (κ3) is 5.35. The number of carboxylic acids is 1. The van der Waals surface area contributed by atoms with Gasteiger partial charge in [0.2, 0.25) is 0 Å². The second-order valence-corrected chi connectivity index (χ2v) is 2.01. The van der Waals surface area contributed by atoms with Crippen LogP contribution in [0.1, 0.15) is 17.3 Å². The van der Waals surface area contributed by atoms with E-state index in [0.717, 1.165) is 0 Å². The van der Waals surface area contributed by atoms with Gasteiger partial charge in [-0.25, -0.2) is 4.79 Å². The van der Waals surface area contributed by atoms with Crippen molar-refractivity contribution in [1.29, 1.82) is 0 Å². The van der Waals surface area contributed by atoms with Crippen molar-refractivity contribution in [3.05, 3.63) is 29.8 Å². The molecule has 0 bridgehead atoms. The van der Waals surface area contributed by atoms with Crippen LogP contribution in [0.15, 0.2) is 24.3 Å². The zero-order valence-corrected chi connectivity index (χ0v) is 8.22. The van der Waals surface area contributed by atoms with Crippen LogP contribution in [-0.2, 0) is 21.9 Å². The molecular weight excluding hydrogens is 236 g/mol. The van der Waals surface area contributed by atoms with Crippen LogP contribution in [-0.4, -0.2) is 17.4 Å². The minimum Gasteiger partial charge on any atom is -0.872 e. The van der Waals surface area contributed by atoms with Crippen LogP contribution in [0.3, 0.4) is 0 Å². The second kappa shape index (κ2) is 8.29. The fourth-order valence-electron chi connectivity index (χ4n) is 0.643. The Bertz CT molecular complexity index is 299. The van der Waals surface area contributed by atoms with Crippen molar-refractivity contribution in [2.45, 2.75) is 6.92 Å². The van der Waals surface area contributed by atoms with Gasteiger partial charge in [-0.3, -0.25) is 6.29 Å². The molecule has 0 saturated carbocycles. The number of carbonyl (C=O) groups excluding carboxylic acids is 1. The molecule has 0 atom stereocenters. The average Bonchev–Trinajstić information content (AvgIpc) is 2.06. The van der Waals surface area contributed by atoms with Crippen molar-refractivity contribution in [3.63, 3.8) is 0 Å². The third-order valence-corrected chi connectivity index (χ3v) is 1.12. The number of carbonyl (C=O) groups is 1. The van der Waals surface area contributed by atoms with Gasteiger partial charge < -0.3 is 15.0 Å². The summed E-state index contributed by atoms with van der Waals surface area (Å²) < 4.78 is 0. The zero-order valence-electron chi connectivity index (χ0n) is 7.28. The Morgan fingerprint density at radius 2 is 1.86 bits per heavy atom. The molecule has 0 aliphatic carbocycles. The molecule has 0 unspecified atom stereocenters. The molecule has 1 aromatic carbocycles.